The number of hydrogen-bond acceptors (Lipinski definition) is 7. The highest BCUT2D eigenvalue weighted by Gasteiger charge is 2.29. The molecule has 1 aromatic heterocycles. The number of nitrogens with two attached hydrogens (primary N) is 1. The second kappa shape index (κ2) is 8.14. The fourth-order valence-corrected chi connectivity index (χ4v) is 3.78. The van der Waals surface area contributed by atoms with E-state index in [0.29, 0.717) is 5.56 Å². The number of ether oxygens (including phenoxy) is 2. The second-order valence-electron chi connectivity index (χ2n) is 5.54. The summed E-state index contributed by atoms with van der Waals surface area (Å²) in [5.74, 6) is -1.40. The number of carbonyl (C=O) groups excluding carboxylic acids is 3. The third kappa shape index (κ3) is 3.87. The number of amides is 1. The number of nitrogens with one attached hydrogen (secondary N) is 1. The van der Waals surface area contributed by atoms with E-state index in [-0.39, 0.29) is 46.4 Å². The summed E-state index contributed by atoms with van der Waals surface area (Å²) in [6.07, 6.45) is 3.67. The number of anilines is 1. The van der Waals surface area contributed by atoms with Gasteiger partial charge in [-0.1, -0.05) is 12.8 Å². The van der Waals surface area contributed by atoms with E-state index in [2.05, 4.69) is 5.32 Å². The van der Waals surface area contributed by atoms with Gasteiger partial charge in [-0.15, -0.1) is 11.3 Å². The predicted molar refractivity (Wildman–Crippen MR) is 89.8 cm³/mol. The van der Waals surface area contributed by atoms with Gasteiger partial charge in [0.25, 0.3) is 5.91 Å². The summed E-state index contributed by atoms with van der Waals surface area (Å²) in [4.78, 5) is 36.6. The maximum absolute atomic E-state index is 12.1. The maximum atomic E-state index is 12.1. The Hall–Kier alpha value is -2.09. The van der Waals surface area contributed by atoms with E-state index in [1.165, 1.54) is 7.05 Å². The van der Waals surface area contributed by atoms with Gasteiger partial charge in [0.15, 0.2) is 0 Å². The number of nitrogen functional groups attached to an aromatic ring is 1. The topological polar surface area (TPSA) is 108 Å². The molecular formula is C16H22N2O5S. The Labute approximate surface area is 144 Å². The molecule has 7 nitrogen and oxygen atoms in total. The van der Waals surface area contributed by atoms with Crippen LogP contribution in [-0.4, -0.2) is 31.5 Å². The van der Waals surface area contributed by atoms with E-state index in [9.17, 15) is 14.4 Å². The zero-order valence-electron chi connectivity index (χ0n) is 13.8. The summed E-state index contributed by atoms with van der Waals surface area (Å²) in [6, 6.07) is 0. The van der Waals surface area contributed by atoms with Crippen molar-refractivity contribution >= 4 is 34.2 Å². The molecule has 1 aromatic rings. The van der Waals surface area contributed by atoms with Crippen molar-refractivity contribution in [1.29, 1.82) is 0 Å². The Bertz CT molecular complexity index is 635. The average molecular weight is 354 g/mol. The van der Waals surface area contributed by atoms with Gasteiger partial charge in [-0.05, 0) is 19.8 Å². The number of hydrogen-bond donors (Lipinski definition) is 2. The summed E-state index contributed by atoms with van der Waals surface area (Å²) >= 11 is 0.985. The highest BCUT2D eigenvalue weighted by atomic mass is 32.1. The second-order valence-corrected chi connectivity index (χ2v) is 6.59. The molecular weight excluding hydrogens is 332 g/mol. The van der Waals surface area contributed by atoms with Crippen molar-refractivity contribution in [3.8, 4) is 0 Å². The molecule has 1 heterocycles. The number of rotatable bonds is 6. The third-order valence-electron chi connectivity index (χ3n) is 3.99. The van der Waals surface area contributed by atoms with Crippen LogP contribution in [0, 0.1) is 5.92 Å². The normalized spacial score (nSPS) is 14.4. The van der Waals surface area contributed by atoms with Gasteiger partial charge in [-0.3, -0.25) is 9.59 Å². The first kappa shape index (κ1) is 18.3. The van der Waals surface area contributed by atoms with Crippen LogP contribution in [0.15, 0.2) is 0 Å². The summed E-state index contributed by atoms with van der Waals surface area (Å²) < 4.78 is 10.4. The number of esters is 2. The Morgan fingerprint density at radius 2 is 1.92 bits per heavy atom. The van der Waals surface area contributed by atoms with Crippen molar-refractivity contribution in [3.05, 3.63) is 16.0 Å². The summed E-state index contributed by atoms with van der Waals surface area (Å²) in [5.41, 5.74) is 6.31. The van der Waals surface area contributed by atoms with E-state index < -0.39 is 5.97 Å². The Morgan fingerprint density at radius 1 is 1.25 bits per heavy atom. The quantitative estimate of drug-likeness (QED) is 0.758. The standard InChI is InChI=1S/C16H22N2O5S/c1-3-22-16(21)11-10(12(14(19)18-2)24-13(11)17)8-23-15(20)9-6-4-5-7-9/h9H,3-8,17H2,1-2H3,(H,18,19). The lowest BCUT2D eigenvalue weighted by atomic mass is 10.1. The third-order valence-corrected chi connectivity index (χ3v) is 5.05. The molecule has 1 aliphatic rings. The number of carbonyl (C=O) groups is 3. The fraction of sp³-hybridized carbons (Fsp3) is 0.562. The summed E-state index contributed by atoms with van der Waals surface area (Å²) in [6.45, 7) is 1.70. The lowest BCUT2D eigenvalue weighted by Gasteiger charge is -2.11. The molecule has 1 fully saturated rings. The van der Waals surface area contributed by atoms with Gasteiger partial charge in [0, 0.05) is 12.6 Å². The molecule has 132 valence electrons. The molecule has 3 N–H and O–H groups in total. The molecule has 0 aliphatic heterocycles. The molecule has 0 saturated heterocycles. The summed E-state index contributed by atoms with van der Waals surface area (Å²) in [7, 11) is 1.48. The van der Waals surface area contributed by atoms with Crippen LogP contribution in [0.4, 0.5) is 5.00 Å². The van der Waals surface area contributed by atoms with Crippen LogP contribution in [-0.2, 0) is 20.9 Å². The molecule has 1 aliphatic carbocycles. The highest BCUT2D eigenvalue weighted by molar-refractivity contribution is 7.18. The van der Waals surface area contributed by atoms with Crippen LogP contribution in [0.25, 0.3) is 0 Å². The van der Waals surface area contributed by atoms with Gasteiger partial charge in [-0.2, -0.15) is 0 Å². The molecule has 0 atom stereocenters. The zero-order valence-corrected chi connectivity index (χ0v) is 14.7. The molecule has 8 heteroatoms. The lowest BCUT2D eigenvalue weighted by Crippen LogP contribution is -2.21. The minimum atomic E-state index is -0.617. The van der Waals surface area contributed by atoms with Gasteiger partial charge >= 0.3 is 11.9 Å². The summed E-state index contributed by atoms with van der Waals surface area (Å²) in [5, 5.41) is 2.68. The largest absolute Gasteiger partial charge is 0.462 e. The molecule has 0 radical (unpaired) electrons. The fourth-order valence-electron chi connectivity index (χ4n) is 2.77. The predicted octanol–water partition coefficient (Wildman–Crippen LogP) is 2.10. The first-order valence-corrected chi connectivity index (χ1v) is 8.78. The van der Waals surface area contributed by atoms with Crippen molar-refractivity contribution in [3.63, 3.8) is 0 Å². The SMILES string of the molecule is CCOC(=O)c1c(N)sc(C(=O)NC)c1COC(=O)C1CCCC1. The highest BCUT2D eigenvalue weighted by Crippen LogP contribution is 2.33. The van der Waals surface area contributed by atoms with Gasteiger partial charge in [0.05, 0.1) is 12.5 Å². The first-order valence-electron chi connectivity index (χ1n) is 7.96. The van der Waals surface area contributed by atoms with E-state index in [1.54, 1.807) is 6.92 Å². The smallest absolute Gasteiger partial charge is 0.341 e. The van der Waals surface area contributed by atoms with Crippen molar-refractivity contribution in [2.24, 2.45) is 5.92 Å². The lowest BCUT2D eigenvalue weighted by molar-refractivity contribution is -0.149. The van der Waals surface area contributed by atoms with Crippen LogP contribution in [0.1, 0.15) is 58.2 Å². The van der Waals surface area contributed by atoms with Crippen molar-refractivity contribution < 1.29 is 23.9 Å². The van der Waals surface area contributed by atoms with Crippen LogP contribution < -0.4 is 11.1 Å². The molecule has 0 bridgehead atoms. The monoisotopic (exact) mass is 354 g/mol. The van der Waals surface area contributed by atoms with Crippen LogP contribution in [0.2, 0.25) is 0 Å². The van der Waals surface area contributed by atoms with Gasteiger partial charge in [0.1, 0.15) is 22.0 Å². The molecule has 2 rings (SSSR count). The maximum Gasteiger partial charge on any atom is 0.341 e. The van der Waals surface area contributed by atoms with Crippen LogP contribution >= 0.6 is 11.3 Å². The molecule has 0 unspecified atom stereocenters. The van der Waals surface area contributed by atoms with E-state index >= 15 is 0 Å². The van der Waals surface area contributed by atoms with Crippen LogP contribution in [0.3, 0.4) is 0 Å². The van der Waals surface area contributed by atoms with E-state index in [0.717, 1.165) is 37.0 Å². The van der Waals surface area contributed by atoms with Gasteiger partial charge in [-0.25, -0.2) is 4.79 Å². The van der Waals surface area contributed by atoms with E-state index in [1.807, 2.05) is 0 Å². The molecule has 1 saturated carbocycles. The molecule has 24 heavy (non-hydrogen) atoms. The Kier molecular flexibility index (Phi) is 6.19. The minimum Gasteiger partial charge on any atom is -0.462 e. The van der Waals surface area contributed by atoms with E-state index in [4.69, 9.17) is 15.2 Å². The number of thiophene rings is 1. The molecule has 0 spiro atoms. The first-order chi connectivity index (χ1) is 11.5. The van der Waals surface area contributed by atoms with Gasteiger partial charge < -0.3 is 20.5 Å². The average Bonchev–Trinajstić information content (AvgIpc) is 3.20. The van der Waals surface area contributed by atoms with Crippen molar-refractivity contribution in [1.82, 2.24) is 5.32 Å². The zero-order chi connectivity index (χ0) is 17.7. The Balaban J connectivity index is 2.25. The van der Waals surface area contributed by atoms with Crippen molar-refractivity contribution in [2.45, 2.75) is 39.2 Å². The minimum absolute atomic E-state index is 0.101. The van der Waals surface area contributed by atoms with Gasteiger partial charge in [0.2, 0.25) is 0 Å². The van der Waals surface area contributed by atoms with Crippen LogP contribution in [0.5, 0.6) is 0 Å². The molecule has 1 amide bonds. The van der Waals surface area contributed by atoms with Crippen molar-refractivity contribution in [2.75, 3.05) is 19.4 Å². The molecule has 0 aromatic carbocycles. The Morgan fingerprint density at radius 3 is 2.50 bits per heavy atom.